The highest BCUT2D eigenvalue weighted by Gasteiger charge is 2.24. The van der Waals surface area contributed by atoms with Gasteiger partial charge in [-0.2, -0.15) is 0 Å². The van der Waals surface area contributed by atoms with Gasteiger partial charge in [-0.05, 0) is 22.9 Å². The lowest BCUT2D eigenvalue weighted by Gasteiger charge is -2.35. The van der Waals surface area contributed by atoms with Crippen LogP contribution in [0.3, 0.4) is 0 Å². The van der Waals surface area contributed by atoms with Gasteiger partial charge < -0.3 is 9.80 Å². The second-order valence-electron chi connectivity index (χ2n) is 5.09. The van der Waals surface area contributed by atoms with Gasteiger partial charge in [-0.25, -0.2) is 9.97 Å². The van der Waals surface area contributed by atoms with Gasteiger partial charge >= 0.3 is 0 Å². The summed E-state index contributed by atoms with van der Waals surface area (Å²) in [5.74, 6) is 1.13. The van der Waals surface area contributed by atoms with E-state index in [1.54, 1.807) is 17.7 Å². The van der Waals surface area contributed by atoms with Crippen molar-refractivity contribution in [2.24, 2.45) is 0 Å². The zero-order valence-electron chi connectivity index (χ0n) is 11.8. The van der Waals surface area contributed by atoms with E-state index in [9.17, 15) is 4.79 Å². The number of thiophene rings is 2. The van der Waals surface area contributed by atoms with Crippen LogP contribution in [0.4, 0.5) is 5.82 Å². The number of carbonyl (C=O) groups excluding carboxylic acids is 1. The molecule has 1 aliphatic heterocycles. The second-order valence-corrected chi connectivity index (χ2v) is 6.95. The minimum atomic E-state index is 0.138. The summed E-state index contributed by atoms with van der Waals surface area (Å²) in [5, 5.41) is 3.98. The van der Waals surface area contributed by atoms with Crippen LogP contribution in [0.15, 0.2) is 35.3 Å². The lowest BCUT2D eigenvalue weighted by molar-refractivity contribution is 0.0751. The Hall–Kier alpha value is -1.99. The maximum atomic E-state index is 12.4. The first-order valence-corrected chi connectivity index (χ1v) is 8.85. The molecule has 3 aromatic heterocycles. The molecule has 22 heavy (non-hydrogen) atoms. The van der Waals surface area contributed by atoms with Crippen molar-refractivity contribution >= 4 is 44.6 Å². The molecule has 0 N–H and O–H groups in total. The highest BCUT2D eigenvalue weighted by molar-refractivity contribution is 7.17. The van der Waals surface area contributed by atoms with E-state index in [2.05, 4.69) is 14.9 Å². The van der Waals surface area contributed by atoms with Crippen LogP contribution in [0.25, 0.3) is 10.2 Å². The lowest BCUT2D eigenvalue weighted by atomic mass is 10.3. The van der Waals surface area contributed by atoms with Crippen molar-refractivity contribution in [3.05, 3.63) is 40.2 Å². The van der Waals surface area contributed by atoms with Gasteiger partial charge in [0, 0.05) is 26.2 Å². The summed E-state index contributed by atoms with van der Waals surface area (Å²) in [4.78, 5) is 26.1. The smallest absolute Gasteiger partial charge is 0.264 e. The summed E-state index contributed by atoms with van der Waals surface area (Å²) in [5.41, 5.74) is 0.993. The number of hydrogen-bond donors (Lipinski definition) is 0. The van der Waals surface area contributed by atoms with Crippen molar-refractivity contribution in [1.82, 2.24) is 14.9 Å². The first-order valence-electron chi connectivity index (χ1n) is 7.09. The highest BCUT2D eigenvalue weighted by atomic mass is 32.1. The Morgan fingerprint density at radius 1 is 1.05 bits per heavy atom. The third-order valence-corrected chi connectivity index (χ3v) is 5.58. The molecule has 0 saturated carbocycles. The Kier molecular flexibility index (Phi) is 3.51. The van der Waals surface area contributed by atoms with Crippen LogP contribution in [0, 0.1) is 0 Å². The number of amides is 1. The number of anilines is 1. The molecule has 1 aliphatic rings. The number of hydrogen-bond acceptors (Lipinski definition) is 6. The van der Waals surface area contributed by atoms with E-state index >= 15 is 0 Å². The van der Waals surface area contributed by atoms with Gasteiger partial charge in [0.25, 0.3) is 5.91 Å². The average molecular weight is 330 g/mol. The minimum Gasteiger partial charge on any atom is -0.352 e. The molecule has 4 heterocycles. The van der Waals surface area contributed by atoms with E-state index in [0.29, 0.717) is 0 Å². The molecule has 7 heteroatoms. The number of fused-ring (bicyclic) bond motifs is 1. The largest absolute Gasteiger partial charge is 0.352 e. The van der Waals surface area contributed by atoms with Gasteiger partial charge in [-0.3, -0.25) is 4.79 Å². The molecule has 1 fully saturated rings. The van der Waals surface area contributed by atoms with Gasteiger partial charge in [0.2, 0.25) is 0 Å². The molecule has 0 aromatic carbocycles. The molecule has 0 atom stereocenters. The molecule has 1 amide bonds. The Balaban J connectivity index is 1.50. The van der Waals surface area contributed by atoms with Crippen LogP contribution in [-0.4, -0.2) is 47.0 Å². The van der Waals surface area contributed by atoms with Gasteiger partial charge in [-0.15, -0.1) is 22.7 Å². The Morgan fingerprint density at radius 2 is 1.91 bits per heavy atom. The molecule has 3 aromatic rings. The molecule has 0 unspecified atom stereocenters. The molecular weight excluding hydrogens is 316 g/mol. The fourth-order valence-corrected chi connectivity index (χ4v) is 4.23. The normalized spacial score (nSPS) is 15.5. The van der Waals surface area contributed by atoms with Crippen molar-refractivity contribution in [2.75, 3.05) is 31.1 Å². The number of aromatic nitrogens is 2. The van der Waals surface area contributed by atoms with Crippen molar-refractivity contribution < 1.29 is 4.79 Å². The summed E-state index contributed by atoms with van der Waals surface area (Å²) in [6.45, 7) is 3.07. The summed E-state index contributed by atoms with van der Waals surface area (Å²) in [6.07, 6.45) is 1.62. The van der Waals surface area contributed by atoms with Crippen molar-refractivity contribution in [3.63, 3.8) is 0 Å². The molecule has 0 spiro atoms. The fourth-order valence-electron chi connectivity index (χ4n) is 2.68. The maximum Gasteiger partial charge on any atom is 0.264 e. The van der Waals surface area contributed by atoms with Crippen LogP contribution < -0.4 is 4.90 Å². The second kappa shape index (κ2) is 5.66. The summed E-state index contributed by atoms with van der Waals surface area (Å²) >= 11 is 3.17. The predicted molar refractivity (Wildman–Crippen MR) is 89.9 cm³/mol. The Bertz CT molecular complexity index is 791. The first kappa shape index (κ1) is 13.7. The quantitative estimate of drug-likeness (QED) is 0.725. The predicted octanol–water partition coefficient (Wildman–Crippen LogP) is 2.72. The van der Waals surface area contributed by atoms with Crippen LogP contribution in [-0.2, 0) is 0 Å². The van der Waals surface area contributed by atoms with Gasteiger partial charge in [0.1, 0.15) is 12.1 Å². The summed E-state index contributed by atoms with van der Waals surface area (Å²) < 4.78 is 1.13. The third kappa shape index (κ3) is 2.36. The van der Waals surface area contributed by atoms with Crippen LogP contribution in [0.2, 0.25) is 0 Å². The molecule has 4 rings (SSSR count). The standard InChI is InChI=1S/C15H14N4OS2/c20-15(12-2-1-8-21-12)19-6-4-18(5-7-19)14-13-11(3-9-22-13)16-10-17-14/h1-3,8-10H,4-7H2. The van der Waals surface area contributed by atoms with Gasteiger partial charge in [-0.1, -0.05) is 6.07 Å². The highest BCUT2D eigenvalue weighted by Crippen LogP contribution is 2.28. The zero-order valence-corrected chi connectivity index (χ0v) is 13.4. The number of rotatable bonds is 2. The molecule has 1 saturated heterocycles. The van der Waals surface area contributed by atoms with Crippen molar-refractivity contribution in [3.8, 4) is 0 Å². The van der Waals surface area contributed by atoms with E-state index in [1.165, 1.54) is 11.3 Å². The van der Waals surface area contributed by atoms with Crippen molar-refractivity contribution in [2.45, 2.75) is 0 Å². The average Bonchev–Trinajstić information content (AvgIpc) is 3.25. The van der Waals surface area contributed by atoms with Gasteiger partial charge in [0.15, 0.2) is 0 Å². The molecule has 5 nitrogen and oxygen atoms in total. The zero-order chi connectivity index (χ0) is 14.9. The first-order chi connectivity index (χ1) is 10.8. The molecule has 0 bridgehead atoms. The van der Waals surface area contributed by atoms with E-state index in [-0.39, 0.29) is 5.91 Å². The fraction of sp³-hybridized carbons (Fsp3) is 0.267. The van der Waals surface area contributed by atoms with Crippen LogP contribution in [0.5, 0.6) is 0 Å². The summed E-state index contributed by atoms with van der Waals surface area (Å²) in [6, 6.07) is 5.82. The molecular formula is C15H14N4OS2. The van der Waals surface area contributed by atoms with Gasteiger partial charge in [0.05, 0.1) is 15.1 Å². The maximum absolute atomic E-state index is 12.4. The monoisotopic (exact) mass is 330 g/mol. The minimum absolute atomic E-state index is 0.138. The third-order valence-electron chi connectivity index (χ3n) is 3.82. The topological polar surface area (TPSA) is 49.3 Å². The lowest BCUT2D eigenvalue weighted by Crippen LogP contribution is -2.48. The van der Waals surface area contributed by atoms with Crippen molar-refractivity contribution in [1.29, 1.82) is 0 Å². The number of carbonyl (C=O) groups is 1. The summed E-state index contributed by atoms with van der Waals surface area (Å²) in [7, 11) is 0. The molecule has 0 aliphatic carbocycles. The van der Waals surface area contributed by atoms with Crippen LogP contribution >= 0.6 is 22.7 Å². The van der Waals surface area contributed by atoms with E-state index < -0.39 is 0 Å². The van der Waals surface area contributed by atoms with E-state index in [0.717, 1.165) is 47.1 Å². The number of piperazine rings is 1. The Labute approximate surface area is 135 Å². The van der Waals surface area contributed by atoms with E-state index in [1.807, 2.05) is 33.9 Å². The van der Waals surface area contributed by atoms with E-state index in [4.69, 9.17) is 0 Å². The molecule has 112 valence electrons. The molecule has 0 radical (unpaired) electrons. The number of nitrogens with zero attached hydrogens (tertiary/aromatic N) is 4. The van der Waals surface area contributed by atoms with Crippen LogP contribution in [0.1, 0.15) is 9.67 Å². The Morgan fingerprint density at radius 3 is 2.68 bits per heavy atom. The SMILES string of the molecule is O=C(c1cccs1)N1CCN(c2ncnc3ccsc23)CC1.